The number of hydrogen-bond donors (Lipinski definition) is 1. The maximum absolute atomic E-state index is 12.9. The first-order valence-electron chi connectivity index (χ1n) is 9.88. The molecule has 0 unspecified atom stereocenters. The predicted octanol–water partition coefficient (Wildman–Crippen LogP) is 4.00. The van der Waals surface area contributed by atoms with Crippen LogP contribution in [0.15, 0.2) is 61.1 Å². The van der Waals surface area contributed by atoms with Gasteiger partial charge in [0, 0.05) is 36.6 Å². The number of nitrogens with zero attached hydrogens (tertiary/aromatic N) is 3. The Kier molecular flexibility index (Phi) is 6.57. The van der Waals surface area contributed by atoms with Crippen LogP contribution in [-0.2, 0) is 11.3 Å². The zero-order valence-corrected chi connectivity index (χ0v) is 17.7. The van der Waals surface area contributed by atoms with E-state index in [4.69, 9.17) is 0 Å². The third kappa shape index (κ3) is 5.08. The van der Waals surface area contributed by atoms with Crippen LogP contribution in [0.25, 0.3) is 11.1 Å². The highest BCUT2D eigenvalue weighted by atomic mass is 16.2. The third-order valence-electron chi connectivity index (χ3n) is 4.82. The number of carbonyl (C=O) groups is 2. The van der Waals surface area contributed by atoms with Crippen molar-refractivity contribution < 1.29 is 9.59 Å². The van der Waals surface area contributed by atoms with Gasteiger partial charge in [-0.05, 0) is 36.2 Å². The highest BCUT2D eigenvalue weighted by molar-refractivity contribution is 6.00. The van der Waals surface area contributed by atoms with E-state index < -0.39 is 0 Å². The molecule has 0 radical (unpaired) electrons. The molecule has 0 aliphatic rings. The fourth-order valence-corrected chi connectivity index (χ4v) is 3.06. The van der Waals surface area contributed by atoms with Gasteiger partial charge in [0.15, 0.2) is 0 Å². The van der Waals surface area contributed by atoms with Crippen LogP contribution in [0.4, 0.5) is 5.69 Å². The molecule has 0 spiro atoms. The molecule has 0 bridgehead atoms. The van der Waals surface area contributed by atoms with Crippen LogP contribution in [0, 0.1) is 12.8 Å². The van der Waals surface area contributed by atoms with Gasteiger partial charge in [0.1, 0.15) is 0 Å². The van der Waals surface area contributed by atoms with Gasteiger partial charge >= 0.3 is 0 Å². The van der Waals surface area contributed by atoms with Gasteiger partial charge in [-0.15, -0.1) is 0 Å². The van der Waals surface area contributed by atoms with Gasteiger partial charge < -0.3 is 10.2 Å². The van der Waals surface area contributed by atoms with Crippen molar-refractivity contribution in [3.05, 3.63) is 77.9 Å². The van der Waals surface area contributed by atoms with Gasteiger partial charge in [-0.3, -0.25) is 19.6 Å². The van der Waals surface area contributed by atoms with Crippen molar-refractivity contribution in [2.45, 2.75) is 27.3 Å². The molecule has 0 saturated carbocycles. The highest BCUT2D eigenvalue weighted by Gasteiger charge is 2.18. The van der Waals surface area contributed by atoms with Crippen LogP contribution in [0.1, 0.15) is 35.5 Å². The lowest BCUT2D eigenvalue weighted by Crippen LogP contribution is -2.30. The first kappa shape index (κ1) is 21.2. The number of rotatable bonds is 6. The topological polar surface area (TPSA) is 75.2 Å². The van der Waals surface area contributed by atoms with Gasteiger partial charge in [0.05, 0.1) is 18.4 Å². The number of carbonyl (C=O) groups excluding carboxylic acids is 2. The predicted molar refractivity (Wildman–Crippen MR) is 118 cm³/mol. The molecule has 3 rings (SSSR count). The number of hydrogen-bond acceptors (Lipinski definition) is 4. The van der Waals surface area contributed by atoms with Crippen LogP contribution < -0.4 is 10.2 Å². The number of aryl methyl sites for hydroxylation is 1. The summed E-state index contributed by atoms with van der Waals surface area (Å²) in [4.78, 5) is 35.2. The molecule has 3 aromatic rings. The molecule has 1 N–H and O–H groups in total. The first-order chi connectivity index (χ1) is 14.3. The molecule has 154 valence electrons. The van der Waals surface area contributed by atoms with Gasteiger partial charge in [-0.2, -0.15) is 0 Å². The molecule has 0 saturated heterocycles. The summed E-state index contributed by atoms with van der Waals surface area (Å²) in [6.07, 6.45) is 4.79. The molecule has 0 atom stereocenters. The molecule has 2 amide bonds. The molecule has 2 aromatic carbocycles. The monoisotopic (exact) mass is 402 g/mol. The molecule has 0 fully saturated rings. The maximum Gasteiger partial charge on any atom is 0.251 e. The standard InChI is InChI=1S/C24H26N4O2/c1-16(2)24(30)28(4)22-12-19(18-7-5-17(3)6-8-18)11-20(13-22)23(29)27-15-21-14-25-9-10-26-21/h5-14,16H,15H2,1-4H3,(H,27,29). The molecule has 0 aliphatic heterocycles. The Morgan fingerprint density at radius 2 is 1.77 bits per heavy atom. The van der Waals surface area contributed by atoms with Crippen LogP contribution >= 0.6 is 0 Å². The zero-order valence-electron chi connectivity index (χ0n) is 17.7. The van der Waals surface area contributed by atoms with E-state index in [0.29, 0.717) is 16.9 Å². The average molecular weight is 402 g/mol. The molecular weight excluding hydrogens is 376 g/mol. The Hall–Kier alpha value is -3.54. The molecular formula is C24H26N4O2. The van der Waals surface area contributed by atoms with Gasteiger partial charge in [0.2, 0.25) is 5.91 Å². The lowest BCUT2D eigenvalue weighted by Gasteiger charge is -2.21. The summed E-state index contributed by atoms with van der Waals surface area (Å²) in [5, 5.41) is 2.88. The van der Waals surface area contributed by atoms with E-state index in [1.807, 2.05) is 57.2 Å². The van der Waals surface area contributed by atoms with E-state index in [-0.39, 0.29) is 24.3 Å². The molecule has 6 nitrogen and oxygen atoms in total. The fourth-order valence-electron chi connectivity index (χ4n) is 3.06. The van der Waals surface area contributed by atoms with Gasteiger partial charge in [-0.1, -0.05) is 43.7 Å². The zero-order chi connectivity index (χ0) is 21.7. The van der Waals surface area contributed by atoms with E-state index >= 15 is 0 Å². The number of anilines is 1. The lowest BCUT2D eigenvalue weighted by molar-refractivity contribution is -0.121. The minimum atomic E-state index is -0.235. The van der Waals surface area contributed by atoms with Crippen LogP contribution in [0.3, 0.4) is 0 Å². The molecule has 1 heterocycles. The van der Waals surface area contributed by atoms with E-state index in [9.17, 15) is 9.59 Å². The normalized spacial score (nSPS) is 10.7. The Balaban J connectivity index is 1.95. The Labute approximate surface area is 177 Å². The van der Waals surface area contributed by atoms with Crippen molar-refractivity contribution in [2.75, 3.05) is 11.9 Å². The van der Waals surface area contributed by atoms with Crippen molar-refractivity contribution in [1.82, 2.24) is 15.3 Å². The van der Waals surface area contributed by atoms with E-state index in [2.05, 4.69) is 15.3 Å². The third-order valence-corrected chi connectivity index (χ3v) is 4.82. The number of aromatic nitrogens is 2. The van der Waals surface area contributed by atoms with Gasteiger partial charge in [-0.25, -0.2) is 0 Å². The van der Waals surface area contributed by atoms with E-state index in [0.717, 1.165) is 16.7 Å². The summed E-state index contributed by atoms with van der Waals surface area (Å²) in [7, 11) is 1.73. The quantitative estimate of drug-likeness (QED) is 0.676. The summed E-state index contributed by atoms with van der Waals surface area (Å²) in [6.45, 7) is 6.02. The van der Waals surface area contributed by atoms with Crippen LogP contribution in [0.5, 0.6) is 0 Å². The number of nitrogens with one attached hydrogen (secondary N) is 1. The SMILES string of the molecule is Cc1ccc(-c2cc(C(=O)NCc3cnccn3)cc(N(C)C(=O)C(C)C)c2)cc1. The summed E-state index contributed by atoms with van der Waals surface area (Å²) < 4.78 is 0. The summed E-state index contributed by atoms with van der Waals surface area (Å²) in [5.41, 5.74) is 4.85. The lowest BCUT2D eigenvalue weighted by atomic mass is 10.00. The summed E-state index contributed by atoms with van der Waals surface area (Å²) in [5.74, 6) is -0.393. The van der Waals surface area contributed by atoms with Crippen molar-refractivity contribution in [3.8, 4) is 11.1 Å². The van der Waals surface area contributed by atoms with E-state index in [1.165, 1.54) is 0 Å². The van der Waals surface area contributed by atoms with Gasteiger partial charge in [0.25, 0.3) is 5.91 Å². The van der Waals surface area contributed by atoms with Crippen molar-refractivity contribution in [3.63, 3.8) is 0 Å². The van der Waals surface area contributed by atoms with Crippen molar-refractivity contribution >= 4 is 17.5 Å². The summed E-state index contributed by atoms with van der Waals surface area (Å²) in [6, 6.07) is 13.6. The minimum absolute atomic E-state index is 0.0121. The maximum atomic E-state index is 12.9. The molecule has 6 heteroatoms. The number of amides is 2. The smallest absolute Gasteiger partial charge is 0.251 e. The van der Waals surface area contributed by atoms with E-state index in [1.54, 1.807) is 36.6 Å². The Bertz CT molecular complexity index is 1030. The Morgan fingerprint density at radius 3 is 2.40 bits per heavy atom. The van der Waals surface area contributed by atoms with Crippen molar-refractivity contribution in [1.29, 1.82) is 0 Å². The summed E-state index contributed by atoms with van der Waals surface area (Å²) >= 11 is 0. The molecule has 30 heavy (non-hydrogen) atoms. The van der Waals surface area contributed by atoms with Crippen molar-refractivity contribution in [2.24, 2.45) is 5.92 Å². The minimum Gasteiger partial charge on any atom is -0.346 e. The molecule has 1 aromatic heterocycles. The Morgan fingerprint density at radius 1 is 1.03 bits per heavy atom. The second-order valence-corrected chi connectivity index (χ2v) is 7.57. The average Bonchev–Trinajstić information content (AvgIpc) is 2.77. The van der Waals surface area contributed by atoms with Crippen LogP contribution in [-0.4, -0.2) is 28.8 Å². The second kappa shape index (κ2) is 9.31. The number of benzene rings is 2. The molecule has 0 aliphatic carbocycles. The van der Waals surface area contributed by atoms with Crippen LogP contribution in [0.2, 0.25) is 0 Å². The second-order valence-electron chi connectivity index (χ2n) is 7.57. The highest BCUT2D eigenvalue weighted by Crippen LogP contribution is 2.28. The largest absolute Gasteiger partial charge is 0.346 e. The first-order valence-corrected chi connectivity index (χ1v) is 9.88. The fraction of sp³-hybridized carbons (Fsp3) is 0.250.